The van der Waals surface area contributed by atoms with Crippen LogP contribution in [-0.4, -0.2) is 34.9 Å². The summed E-state index contributed by atoms with van der Waals surface area (Å²) in [6.45, 7) is 10.4. The summed E-state index contributed by atoms with van der Waals surface area (Å²) in [6, 6.07) is 8.86. The molecule has 0 aliphatic heterocycles. The molecule has 32 heavy (non-hydrogen) atoms. The molecule has 2 aliphatic rings. The normalized spacial score (nSPS) is 32.8. The second-order valence-corrected chi connectivity index (χ2v) is 10.1. The van der Waals surface area contributed by atoms with Crippen LogP contribution in [0.25, 0.3) is 0 Å². The molecule has 0 spiro atoms. The van der Waals surface area contributed by atoms with Crippen LogP contribution in [-0.2, 0) is 9.53 Å². The SMILES string of the molecule is C=C1CC(OC(=O)c2ccccc2)C2C(C)(C(=O)O)CCCC2(C)C1CC/C(C)=C/CO. The van der Waals surface area contributed by atoms with Crippen molar-refractivity contribution in [1.29, 1.82) is 0 Å². The van der Waals surface area contributed by atoms with Crippen LogP contribution in [0.1, 0.15) is 69.7 Å². The molecule has 5 atom stereocenters. The van der Waals surface area contributed by atoms with E-state index >= 15 is 0 Å². The Morgan fingerprint density at radius 1 is 1.22 bits per heavy atom. The van der Waals surface area contributed by atoms with Crippen LogP contribution in [0.5, 0.6) is 0 Å². The Balaban J connectivity index is 1.96. The van der Waals surface area contributed by atoms with Gasteiger partial charge in [0, 0.05) is 12.3 Å². The van der Waals surface area contributed by atoms with E-state index in [4.69, 9.17) is 4.74 Å². The van der Waals surface area contributed by atoms with Gasteiger partial charge in [-0.1, -0.05) is 55.3 Å². The van der Waals surface area contributed by atoms with Gasteiger partial charge in [-0.05, 0) is 63.0 Å². The lowest BCUT2D eigenvalue weighted by atomic mass is 9.45. The fraction of sp³-hybridized carbons (Fsp3) is 0.556. The number of aliphatic hydroxyl groups is 1. The molecule has 0 aromatic heterocycles. The smallest absolute Gasteiger partial charge is 0.338 e. The van der Waals surface area contributed by atoms with Crippen molar-refractivity contribution in [2.45, 2.75) is 65.4 Å². The van der Waals surface area contributed by atoms with E-state index in [0.29, 0.717) is 18.4 Å². The second kappa shape index (κ2) is 9.62. The number of carbonyl (C=O) groups excluding carboxylic acids is 1. The van der Waals surface area contributed by atoms with E-state index in [1.54, 1.807) is 24.3 Å². The van der Waals surface area contributed by atoms with Crippen LogP contribution in [0.4, 0.5) is 0 Å². The zero-order chi connectivity index (χ0) is 23.5. The van der Waals surface area contributed by atoms with E-state index in [-0.39, 0.29) is 23.9 Å². The van der Waals surface area contributed by atoms with Gasteiger partial charge < -0.3 is 14.9 Å². The zero-order valence-corrected chi connectivity index (χ0v) is 19.5. The highest BCUT2D eigenvalue weighted by Crippen LogP contribution is 2.62. The first-order chi connectivity index (χ1) is 15.1. The summed E-state index contributed by atoms with van der Waals surface area (Å²) >= 11 is 0. The van der Waals surface area contributed by atoms with Gasteiger partial charge in [-0.25, -0.2) is 4.79 Å². The Hall–Kier alpha value is -2.40. The lowest BCUT2D eigenvalue weighted by molar-refractivity contribution is -0.177. The van der Waals surface area contributed by atoms with Gasteiger partial charge in [0.1, 0.15) is 6.10 Å². The highest BCUT2D eigenvalue weighted by molar-refractivity contribution is 5.89. The highest BCUT2D eigenvalue weighted by atomic mass is 16.5. The number of hydrogen-bond acceptors (Lipinski definition) is 4. The van der Waals surface area contributed by atoms with Gasteiger partial charge in [0.25, 0.3) is 0 Å². The molecule has 2 fully saturated rings. The maximum Gasteiger partial charge on any atom is 0.338 e. The molecule has 174 valence electrons. The summed E-state index contributed by atoms with van der Waals surface area (Å²) in [5.41, 5.74) is 1.32. The van der Waals surface area contributed by atoms with Crippen molar-refractivity contribution < 1.29 is 24.5 Å². The van der Waals surface area contributed by atoms with Gasteiger partial charge in [-0.3, -0.25) is 4.79 Å². The minimum atomic E-state index is -0.969. The number of esters is 1. The average Bonchev–Trinajstić information content (AvgIpc) is 2.73. The molecule has 0 amide bonds. The van der Waals surface area contributed by atoms with E-state index in [1.165, 1.54) is 0 Å². The Morgan fingerprint density at radius 3 is 2.53 bits per heavy atom. The fourth-order valence-corrected chi connectivity index (χ4v) is 6.38. The van der Waals surface area contributed by atoms with E-state index < -0.39 is 23.5 Å². The maximum atomic E-state index is 12.9. The van der Waals surface area contributed by atoms with Crippen LogP contribution in [0.2, 0.25) is 0 Å². The van der Waals surface area contributed by atoms with Gasteiger partial charge in [0.2, 0.25) is 0 Å². The van der Waals surface area contributed by atoms with Gasteiger partial charge in [0.05, 0.1) is 17.6 Å². The highest BCUT2D eigenvalue weighted by Gasteiger charge is 2.61. The average molecular weight is 441 g/mol. The molecule has 2 N–H and O–H groups in total. The molecule has 0 bridgehead atoms. The van der Waals surface area contributed by atoms with Crippen LogP contribution < -0.4 is 0 Å². The number of rotatable bonds is 7. The Morgan fingerprint density at radius 2 is 1.91 bits per heavy atom. The number of aliphatic carboxylic acids is 1. The molecule has 0 radical (unpaired) electrons. The summed E-state index contributed by atoms with van der Waals surface area (Å²) < 4.78 is 6.03. The summed E-state index contributed by atoms with van der Waals surface area (Å²) in [4.78, 5) is 25.4. The van der Waals surface area contributed by atoms with E-state index in [9.17, 15) is 19.8 Å². The minimum absolute atomic E-state index is 0.0198. The molecule has 1 aromatic rings. The lowest BCUT2D eigenvalue weighted by Crippen LogP contribution is -2.59. The van der Waals surface area contributed by atoms with Crippen molar-refractivity contribution in [3.05, 3.63) is 59.7 Å². The van der Waals surface area contributed by atoms with Crippen molar-refractivity contribution in [2.24, 2.45) is 22.7 Å². The third-order valence-electron chi connectivity index (χ3n) is 7.96. The first-order valence-electron chi connectivity index (χ1n) is 11.6. The first kappa shape index (κ1) is 24.2. The van der Waals surface area contributed by atoms with Crippen LogP contribution >= 0.6 is 0 Å². The van der Waals surface area contributed by atoms with Gasteiger partial charge in [-0.2, -0.15) is 0 Å². The lowest BCUT2D eigenvalue weighted by Gasteiger charge is -2.59. The monoisotopic (exact) mass is 440 g/mol. The second-order valence-electron chi connectivity index (χ2n) is 10.1. The predicted octanol–water partition coefficient (Wildman–Crippen LogP) is 5.40. The Bertz CT molecular complexity index is 889. The van der Waals surface area contributed by atoms with Crippen molar-refractivity contribution in [3.63, 3.8) is 0 Å². The molecule has 0 heterocycles. The third-order valence-corrected chi connectivity index (χ3v) is 7.96. The molecule has 3 rings (SSSR count). The standard InChI is InChI=1S/C27H36O5/c1-18(13-16-28)11-12-21-19(2)17-22(32-24(29)20-9-6-5-7-10-20)23-26(21,3)14-8-15-27(23,4)25(30)31/h5-7,9-10,13,21-23,28H,2,8,11-12,14-17H2,1,3-4H3,(H,30,31)/b18-13+. The molecule has 2 aliphatic carbocycles. The molecule has 5 heteroatoms. The predicted molar refractivity (Wildman–Crippen MR) is 124 cm³/mol. The molecular formula is C27H36O5. The van der Waals surface area contributed by atoms with E-state index in [1.807, 2.05) is 26.0 Å². The third kappa shape index (κ3) is 4.54. The van der Waals surface area contributed by atoms with Gasteiger partial charge >= 0.3 is 11.9 Å². The van der Waals surface area contributed by atoms with Crippen LogP contribution in [0.3, 0.4) is 0 Å². The quantitative estimate of drug-likeness (QED) is 0.438. The van der Waals surface area contributed by atoms with Gasteiger partial charge in [-0.15, -0.1) is 0 Å². The number of carboxylic acid groups (broad SMARTS) is 1. The molecule has 1 aromatic carbocycles. The van der Waals surface area contributed by atoms with Crippen molar-refractivity contribution in [2.75, 3.05) is 6.61 Å². The number of carboxylic acids is 1. The van der Waals surface area contributed by atoms with E-state index in [2.05, 4.69) is 13.5 Å². The molecular weight excluding hydrogens is 404 g/mol. The number of carbonyl (C=O) groups is 2. The number of fused-ring (bicyclic) bond motifs is 1. The summed E-state index contributed by atoms with van der Waals surface area (Å²) in [5, 5.41) is 19.5. The number of benzene rings is 1. The summed E-state index contributed by atoms with van der Waals surface area (Å²) in [5.74, 6) is -1.40. The van der Waals surface area contributed by atoms with Gasteiger partial charge in [0.15, 0.2) is 0 Å². The Labute approximate surface area is 191 Å². The summed E-state index contributed by atoms with van der Waals surface area (Å²) in [7, 11) is 0. The number of allylic oxidation sites excluding steroid dienone is 1. The first-order valence-corrected chi connectivity index (χ1v) is 11.6. The van der Waals surface area contributed by atoms with Crippen molar-refractivity contribution in [1.82, 2.24) is 0 Å². The molecule has 2 saturated carbocycles. The van der Waals surface area contributed by atoms with Crippen molar-refractivity contribution in [3.8, 4) is 0 Å². The number of hydrogen-bond donors (Lipinski definition) is 2. The molecule has 5 unspecified atom stereocenters. The number of aliphatic hydroxyl groups excluding tert-OH is 1. The largest absolute Gasteiger partial charge is 0.481 e. The van der Waals surface area contributed by atoms with Crippen LogP contribution in [0.15, 0.2) is 54.1 Å². The number of ether oxygens (including phenoxy) is 1. The fourth-order valence-electron chi connectivity index (χ4n) is 6.38. The summed E-state index contributed by atoms with van der Waals surface area (Å²) in [6.07, 6.45) is 5.73. The maximum absolute atomic E-state index is 12.9. The Kier molecular flexibility index (Phi) is 7.29. The molecule has 5 nitrogen and oxygen atoms in total. The molecule has 0 saturated heterocycles. The topological polar surface area (TPSA) is 83.8 Å². The minimum Gasteiger partial charge on any atom is -0.481 e. The zero-order valence-electron chi connectivity index (χ0n) is 19.5. The van der Waals surface area contributed by atoms with E-state index in [0.717, 1.165) is 36.8 Å². The van der Waals surface area contributed by atoms with Crippen molar-refractivity contribution >= 4 is 11.9 Å². The van der Waals surface area contributed by atoms with Crippen LogP contribution in [0, 0.1) is 22.7 Å².